The van der Waals surface area contributed by atoms with E-state index in [1.807, 2.05) is 0 Å². The van der Waals surface area contributed by atoms with E-state index < -0.39 is 30.3 Å². The molecule has 1 rings (SSSR count). The van der Waals surface area contributed by atoms with Gasteiger partial charge in [0.15, 0.2) is 23.7 Å². The van der Waals surface area contributed by atoms with Crippen molar-refractivity contribution in [1.29, 1.82) is 0 Å². The minimum atomic E-state index is -2.27. The average Bonchev–Trinajstić information content (AvgIpc) is 2.48. The molecule has 0 heterocycles. The molecule has 22 heavy (non-hydrogen) atoms. The summed E-state index contributed by atoms with van der Waals surface area (Å²) < 4.78 is 0. The third kappa shape index (κ3) is 5.93. The van der Waals surface area contributed by atoms with Gasteiger partial charge in [-0.3, -0.25) is 0 Å². The van der Waals surface area contributed by atoms with Gasteiger partial charge in [-0.25, -0.2) is 9.59 Å². The third-order valence-electron chi connectivity index (χ3n) is 2.41. The van der Waals surface area contributed by atoms with Crippen LogP contribution in [-0.2, 0) is 9.59 Å². The van der Waals surface area contributed by atoms with Crippen LogP contribution >= 0.6 is 0 Å². The van der Waals surface area contributed by atoms with Gasteiger partial charge < -0.3 is 41.5 Å². The van der Waals surface area contributed by atoms with Crippen molar-refractivity contribution >= 4 is 11.9 Å². The van der Waals surface area contributed by atoms with E-state index >= 15 is 0 Å². The van der Waals surface area contributed by atoms with Crippen molar-refractivity contribution in [2.45, 2.75) is 18.3 Å². The van der Waals surface area contributed by atoms with E-state index in [4.69, 9.17) is 36.4 Å². The molecule has 0 aliphatic heterocycles. The molecule has 124 valence electrons. The first-order valence-electron chi connectivity index (χ1n) is 5.83. The molecule has 0 bridgehead atoms. The van der Waals surface area contributed by atoms with E-state index in [0.29, 0.717) is 5.56 Å². The number of phenols is 2. The summed E-state index contributed by atoms with van der Waals surface area (Å²) in [5.74, 6) is -3.99. The SMILES string of the molecule is NCC(O)c1ccc(O)c(O)c1.O=C(O)[C@H](O)[C@@H](O)C(=O)O. The Morgan fingerprint density at radius 2 is 1.41 bits per heavy atom. The van der Waals surface area contributed by atoms with E-state index in [9.17, 15) is 14.7 Å². The molecule has 0 saturated heterocycles. The lowest BCUT2D eigenvalue weighted by Crippen LogP contribution is -2.39. The highest BCUT2D eigenvalue weighted by molar-refractivity contribution is 5.83. The molecule has 1 aromatic rings. The Balaban J connectivity index is 0.000000409. The number of carboxylic acids is 2. The molecule has 0 amide bonds. The zero-order valence-corrected chi connectivity index (χ0v) is 11.2. The molecular formula is C12H17NO9. The molecule has 1 unspecified atom stereocenters. The summed E-state index contributed by atoms with van der Waals surface area (Å²) in [6.45, 7) is 0.0875. The summed E-state index contributed by atoms with van der Waals surface area (Å²) in [6.07, 6.45) is -5.33. The maximum absolute atomic E-state index is 9.77. The third-order valence-corrected chi connectivity index (χ3v) is 2.41. The van der Waals surface area contributed by atoms with Gasteiger partial charge in [-0.2, -0.15) is 0 Å². The van der Waals surface area contributed by atoms with Crippen molar-refractivity contribution < 1.29 is 45.3 Å². The Hall–Kier alpha value is -2.40. The van der Waals surface area contributed by atoms with Crippen molar-refractivity contribution in [2.75, 3.05) is 6.54 Å². The van der Waals surface area contributed by atoms with Gasteiger partial charge in [0, 0.05) is 6.54 Å². The van der Waals surface area contributed by atoms with Crippen LogP contribution < -0.4 is 5.73 Å². The largest absolute Gasteiger partial charge is 0.504 e. The number of rotatable bonds is 5. The van der Waals surface area contributed by atoms with Crippen LogP contribution in [0.5, 0.6) is 11.5 Å². The molecule has 0 saturated carbocycles. The first-order valence-corrected chi connectivity index (χ1v) is 5.83. The molecule has 9 N–H and O–H groups in total. The summed E-state index contributed by atoms with van der Waals surface area (Å²) >= 11 is 0. The van der Waals surface area contributed by atoms with E-state index in [1.165, 1.54) is 18.2 Å². The first-order chi connectivity index (χ1) is 10.1. The van der Waals surface area contributed by atoms with Gasteiger partial charge in [0.25, 0.3) is 0 Å². The van der Waals surface area contributed by atoms with Gasteiger partial charge in [0.05, 0.1) is 6.10 Å². The Morgan fingerprint density at radius 3 is 1.73 bits per heavy atom. The lowest BCUT2D eigenvalue weighted by molar-refractivity contribution is -0.165. The lowest BCUT2D eigenvalue weighted by atomic mass is 10.1. The zero-order valence-electron chi connectivity index (χ0n) is 11.2. The smallest absolute Gasteiger partial charge is 0.335 e. The van der Waals surface area contributed by atoms with Crippen molar-refractivity contribution in [3.63, 3.8) is 0 Å². The van der Waals surface area contributed by atoms with Crippen LogP contribution in [0.2, 0.25) is 0 Å². The van der Waals surface area contributed by atoms with Gasteiger partial charge in [-0.05, 0) is 17.7 Å². The van der Waals surface area contributed by atoms with Gasteiger partial charge in [0.2, 0.25) is 0 Å². The fourth-order valence-corrected chi connectivity index (χ4v) is 1.15. The molecule has 0 aliphatic rings. The summed E-state index contributed by atoms with van der Waals surface area (Å²) in [7, 11) is 0. The predicted molar refractivity (Wildman–Crippen MR) is 71.1 cm³/mol. The Labute approximate surface area is 124 Å². The van der Waals surface area contributed by atoms with Crippen LogP contribution in [0.4, 0.5) is 0 Å². The number of carbonyl (C=O) groups is 2. The fourth-order valence-electron chi connectivity index (χ4n) is 1.15. The topological polar surface area (TPSA) is 202 Å². The van der Waals surface area contributed by atoms with Crippen molar-refractivity contribution in [1.82, 2.24) is 0 Å². The number of benzene rings is 1. The fraction of sp³-hybridized carbons (Fsp3) is 0.333. The number of hydrogen-bond donors (Lipinski definition) is 8. The number of nitrogens with two attached hydrogens (primary N) is 1. The van der Waals surface area contributed by atoms with E-state index in [-0.39, 0.29) is 18.0 Å². The second kappa shape index (κ2) is 8.79. The maximum Gasteiger partial charge on any atom is 0.335 e. The van der Waals surface area contributed by atoms with Crippen LogP contribution in [0, 0.1) is 0 Å². The highest BCUT2D eigenvalue weighted by Crippen LogP contribution is 2.27. The molecule has 0 aromatic heterocycles. The quantitative estimate of drug-likeness (QED) is 0.279. The highest BCUT2D eigenvalue weighted by atomic mass is 16.4. The zero-order chi connectivity index (χ0) is 17.4. The van der Waals surface area contributed by atoms with Crippen LogP contribution in [0.3, 0.4) is 0 Å². The van der Waals surface area contributed by atoms with Gasteiger partial charge in [-0.1, -0.05) is 6.07 Å². The number of carboxylic acid groups (broad SMARTS) is 2. The summed E-state index contributed by atoms with van der Waals surface area (Å²) in [4.78, 5) is 19.5. The second-order valence-corrected chi connectivity index (χ2v) is 4.07. The normalized spacial score (nSPS) is 14.2. The lowest BCUT2D eigenvalue weighted by Gasteiger charge is -2.08. The molecular weight excluding hydrogens is 302 g/mol. The van der Waals surface area contributed by atoms with Gasteiger partial charge in [0.1, 0.15) is 0 Å². The van der Waals surface area contributed by atoms with Crippen LogP contribution in [0.25, 0.3) is 0 Å². The summed E-state index contributed by atoms with van der Waals surface area (Å²) in [6, 6.07) is 4.10. The highest BCUT2D eigenvalue weighted by Gasteiger charge is 2.29. The standard InChI is InChI=1S/C8H11NO3.C4H6O6/c9-4-8(12)5-1-2-6(10)7(11)3-5;5-1(3(7)8)2(6)4(9)10/h1-3,8,10-12H,4,9H2;1-2,5-6H,(H,7,8)(H,9,10)/t;1-,2-/m.1/s1. The number of aliphatic hydroxyl groups is 3. The van der Waals surface area contributed by atoms with Crippen LogP contribution in [-0.4, -0.2) is 66.4 Å². The Kier molecular flexibility index (Phi) is 7.83. The molecule has 1 aromatic carbocycles. The van der Waals surface area contributed by atoms with Crippen molar-refractivity contribution in [3.05, 3.63) is 23.8 Å². The van der Waals surface area contributed by atoms with E-state index in [1.54, 1.807) is 0 Å². The number of phenolic OH excluding ortho intramolecular Hbond substituents is 2. The molecule has 3 atom stereocenters. The van der Waals surface area contributed by atoms with Crippen LogP contribution in [0.1, 0.15) is 11.7 Å². The second-order valence-electron chi connectivity index (χ2n) is 4.07. The minimum absolute atomic E-state index is 0.0875. The molecule has 0 radical (unpaired) electrons. The number of hydrogen-bond acceptors (Lipinski definition) is 8. The summed E-state index contributed by atoms with van der Waals surface area (Å²) in [5.41, 5.74) is 5.69. The molecule has 10 heteroatoms. The first kappa shape index (κ1) is 19.6. The maximum atomic E-state index is 9.77. The average molecular weight is 319 g/mol. The number of aliphatic hydroxyl groups excluding tert-OH is 3. The number of aromatic hydroxyl groups is 2. The Morgan fingerprint density at radius 1 is 0.955 bits per heavy atom. The van der Waals surface area contributed by atoms with Crippen LogP contribution in [0.15, 0.2) is 18.2 Å². The molecule has 10 nitrogen and oxygen atoms in total. The monoisotopic (exact) mass is 319 g/mol. The van der Waals surface area contributed by atoms with Crippen molar-refractivity contribution in [2.24, 2.45) is 5.73 Å². The van der Waals surface area contributed by atoms with E-state index in [2.05, 4.69) is 0 Å². The minimum Gasteiger partial charge on any atom is -0.504 e. The Bertz CT molecular complexity index is 501. The van der Waals surface area contributed by atoms with Gasteiger partial charge >= 0.3 is 11.9 Å². The molecule has 0 spiro atoms. The molecule has 0 aliphatic carbocycles. The predicted octanol–water partition coefficient (Wildman–Crippen LogP) is -2.03. The number of aliphatic carboxylic acids is 2. The molecule has 0 fully saturated rings. The van der Waals surface area contributed by atoms with Gasteiger partial charge in [-0.15, -0.1) is 0 Å². The van der Waals surface area contributed by atoms with Crippen molar-refractivity contribution in [3.8, 4) is 11.5 Å². The summed E-state index contributed by atoms with van der Waals surface area (Å²) in [5, 5.41) is 59.7. The van der Waals surface area contributed by atoms with E-state index in [0.717, 1.165) is 0 Å².